The van der Waals surface area contributed by atoms with E-state index in [2.05, 4.69) is 30.9 Å². The summed E-state index contributed by atoms with van der Waals surface area (Å²) in [4.78, 5) is 6.66. The van der Waals surface area contributed by atoms with Crippen LogP contribution >= 0.6 is 15.9 Å². The maximum atomic E-state index is 6.03. The van der Waals surface area contributed by atoms with Crippen molar-refractivity contribution < 1.29 is 0 Å². The average molecular weight is 336 g/mol. The van der Waals surface area contributed by atoms with Crippen LogP contribution < -0.4 is 10.6 Å². The summed E-state index contributed by atoms with van der Waals surface area (Å²) < 4.78 is 2.66. The highest BCUT2D eigenvalue weighted by Gasteiger charge is 2.17. The molecule has 1 saturated heterocycles. The third-order valence-corrected chi connectivity index (χ3v) is 4.26. The number of rotatable bonds is 2. The van der Waals surface area contributed by atoms with E-state index in [1.807, 2.05) is 24.3 Å². The quantitative estimate of drug-likeness (QED) is 0.916. The van der Waals surface area contributed by atoms with Crippen LogP contribution in [0.15, 0.2) is 28.7 Å². The van der Waals surface area contributed by atoms with Gasteiger partial charge >= 0.3 is 0 Å². The first-order valence-corrected chi connectivity index (χ1v) is 7.77. The number of anilines is 2. The molecule has 0 saturated carbocycles. The molecule has 0 radical (unpaired) electrons. The van der Waals surface area contributed by atoms with Crippen molar-refractivity contribution in [1.29, 1.82) is 0 Å². The molecule has 0 spiro atoms. The van der Waals surface area contributed by atoms with Crippen LogP contribution in [0.5, 0.6) is 0 Å². The summed E-state index contributed by atoms with van der Waals surface area (Å²) in [6.07, 6.45) is 4.97. The lowest BCUT2D eigenvalue weighted by molar-refractivity contribution is 0.726. The second-order valence-electron chi connectivity index (χ2n) is 5.03. The van der Waals surface area contributed by atoms with E-state index < -0.39 is 0 Å². The average Bonchev–Trinajstić information content (AvgIpc) is 2.67. The molecule has 1 aromatic carbocycles. The third-order valence-electron chi connectivity index (χ3n) is 3.59. The van der Waals surface area contributed by atoms with Gasteiger partial charge in [0.05, 0.1) is 5.69 Å². The van der Waals surface area contributed by atoms with Crippen molar-refractivity contribution >= 4 is 27.8 Å². The Morgan fingerprint density at radius 1 is 1.05 bits per heavy atom. The molecule has 2 N–H and O–H groups in total. The number of halogens is 1. The SMILES string of the molecule is Nc1nc(N2CCCCCC2)nn1-c1ccccc1Br. The standard InChI is InChI=1S/C14H18BrN5/c15-11-7-3-4-8-12(11)20-13(16)17-14(18-20)19-9-5-1-2-6-10-19/h3-4,7-8H,1-2,5-6,9-10H2,(H2,16,17,18). The number of hydrogen-bond acceptors (Lipinski definition) is 4. The molecule has 0 unspecified atom stereocenters. The van der Waals surface area contributed by atoms with E-state index in [1.165, 1.54) is 25.7 Å². The number of benzene rings is 1. The van der Waals surface area contributed by atoms with Gasteiger partial charge in [0, 0.05) is 17.6 Å². The zero-order chi connectivity index (χ0) is 13.9. The highest BCUT2D eigenvalue weighted by Crippen LogP contribution is 2.24. The zero-order valence-electron chi connectivity index (χ0n) is 11.3. The Morgan fingerprint density at radius 3 is 2.45 bits per heavy atom. The molecule has 1 aliphatic heterocycles. The molecule has 106 valence electrons. The smallest absolute Gasteiger partial charge is 0.246 e. The minimum absolute atomic E-state index is 0.427. The molecule has 0 bridgehead atoms. The minimum Gasteiger partial charge on any atom is -0.368 e. The highest BCUT2D eigenvalue weighted by molar-refractivity contribution is 9.10. The van der Waals surface area contributed by atoms with Gasteiger partial charge in [0.15, 0.2) is 0 Å². The summed E-state index contributed by atoms with van der Waals surface area (Å²) in [5.41, 5.74) is 6.95. The molecule has 2 aromatic rings. The van der Waals surface area contributed by atoms with Gasteiger partial charge in [-0.15, -0.1) is 5.10 Å². The highest BCUT2D eigenvalue weighted by atomic mass is 79.9. The fourth-order valence-electron chi connectivity index (χ4n) is 2.52. The van der Waals surface area contributed by atoms with E-state index in [0.717, 1.165) is 29.2 Å². The van der Waals surface area contributed by atoms with Crippen LogP contribution in [0, 0.1) is 0 Å². The lowest BCUT2D eigenvalue weighted by Crippen LogP contribution is -2.25. The molecule has 20 heavy (non-hydrogen) atoms. The lowest BCUT2D eigenvalue weighted by Gasteiger charge is -2.17. The Kier molecular flexibility index (Phi) is 3.91. The van der Waals surface area contributed by atoms with E-state index in [4.69, 9.17) is 5.73 Å². The predicted molar refractivity (Wildman–Crippen MR) is 84.2 cm³/mol. The van der Waals surface area contributed by atoms with Gasteiger partial charge < -0.3 is 10.6 Å². The van der Waals surface area contributed by atoms with Gasteiger partial charge in [0.2, 0.25) is 11.9 Å². The molecular weight excluding hydrogens is 318 g/mol. The van der Waals surface area contributed by atoms with Gasteiger partial charge in [-0.2, -0.15) is 9.67 Å². The van der Waals surface area contributed by atoms with E-state index in [9.17, 15) is 0 Å². The van der Waals surface area contributed by atoms with Gasteiger partial charge in [-0.05, 0) is 40.9 Å². The van der Waals surface area contributed by atoms with E-state index in [-0.39, 0.29) is 0 Å². The Bertz CT molecular complexity index is 587. The molecular formula is C14H18BrN5. The topological polar surface area (TPSA) is 60.0 Å². The first-order valence-electron chi connectivity index (χ1n) is 6.98. The first kappa shape index (κ1) is 13.4. The van der Waals surface area contributed by atoms with Crippen LogP contribution in [0.1, 0.15) is 25.7 Å². The van der Waals surface area contributed by atoms with Crippen LogP contribution in [0.3, 0.4) is 0 Å². The third kappa shape index (κ3) is 2.65. The summed E-state index contributed by atoms with van der Waals surface area (Å²) >= 11 is 3.53. The Hall–Kier alpha value is -1.56. The molecule has 2 heterocycles. The fraction of sp³-hybridized carbons (Fsp3) is 0.429. The maximum Gasteiger partial charge on any atom is 0.246 e. The number of nitrogens with zero attached hydrogens (tertiary/aromatic N) is 4. The summed E-state index contributed by atoms with van der Waals surface area (Å²) in [6.45, 7) is 2.03. The maximum absolute atomic E-state index is 6.03. The Morgan fingerprint density at radius 2 is 1.75 bits per heavy atom. The molecule has 0 aliphatic carbocycles. The normalized spacial score (nSPS) is 16.1. The molecule has 1 aliphatic rings. The van der Waals surface area contributed by atoms with Gasteiger partial charge in [0.1, 0.15) is 0 Å². The predicted octanol–water partition coefficient (Wildman–Crippen LogP) is 2.99. The van der Waals surface area contributed by atoms with Crippen molar-refractivity contribution in [2.24, 2.45) is 0 Å². The van der Waals surface area contributed by atoms with Crippen LogP contribution in [0.4, 0.5) is 11.9 Å². The first-order chi connectivity index (χ1) is 9.75. The second kappa shape index (κ2) is 5.83. The van der Waals surface area contributed by atoms with Gasteiger partial charge in [-0.1, -0.05) is 25.0 Å². The summed E-state index contributed by atoms with van der Waals surface area (Å²) in [5.74, 6) is 1.16. The van der Waals surface area contributed by atoms with Crippen molar-refractivity contribution in [3.05, 3.63) is 28.7 Å². The number of nitrogen functional groups attached to an aromatic ring is 1. The Labute approximate surface area is 126 Å². The summed E-state index contributed by atoms with van der Waals surface area (Å²) in [6, 6.07) is 7.88. The van der Waals surface area contributed by atoms with Gasteiger partial charge in [0.25, 0.3) is 0 Å². The number of aromatic nitrogens is 3. The molecule has 1 fully saturated rings. The largest absolute Gasteiger partial charge is 0.368 e. The van der Waals surface area contributed by atoms with Crippen molar-refractivity contribution in [2.75, 3.05) is 23.7 Å². The fourth-order valence-corrected chi connectivity index (χ4v) is 2.97. The van der Waals surface area contributed by atoms with E-state index >= 15 is 0 Å². The number of para-hydroxylation sites is 1. The zero-order valence-corrected chi connectivity index (χ0v) is 12.9. The summed E-state index contributed by atoms with van der Waals surface area (Å²) in [5, 5.41) is 4.58. The lowest BCUT2D eigenvalue weighted by atomic mass is 10.2. The molecule has 1 aromatic heterocycles. The molecule has 0 amide bonds. The van der Waals surface area contributed by atoms with E-state index in [1.54, 1.807) is 4.68 Å². The van der Waals surface area contributed by atoms with Crippen molar-refractivity contribution in [1.82, 2.24) is 14.8 Å². The molecule has 0 atom stereocenters. The second-order valence-corrected chi connectivity index (χ2v) is 5.89. The van der Waals surface area contributed by atoms with Gasteiger partial charge in [-0.25, -0.2) is 0 Å². The van der Waals surface area contributed by atoms with Crippen LogP contribution in [-0.4, -0.2) is 27.9 Å². The van der Waals surface area contributed by atoms with Crippen molar-refractivity contribution in [3.8, 4) is 5.69 Å². The summed E-state index contributed by atoms with van der Waals surface area (Å²) in [7, 11) is 0. The van der Waals surface area contributed by atoms with E-state index in [0.29, 0.717) is 5.95 Å². The number of hydrogen-bond donors (Lipinski definition) is 1. The number of nitrogens with two attached hydrogens (primary N) is 1. The van der Waals surface area contributed by atoms with Gasteiger partial charge in [-0.3, -0.25) is 0 Å². The molecule has 5 nitrogen and oxygen atoms in total. The molecule has 3 rings (SSSR count). The monoisotopic (exact) mass is 335 g/mol. The Balaban J connectivity index is 1.93. The molecule has 6 heteroatoms. The van der Waals surface area contributed by atoms with Crippen LogP contribution in [-0.2, 0) is 0 Å². The minimum atomic E-state index is 0.427. The van der Waals surface area contributed by atoms with Crippen LogP contribution in [0.25, 0.3) is 5.69 Å². The van der Waals surface area contributed by atoms with Crippen LogP contribution in [0.2, 0.25) is 0 Å². The van der Waals surface area contributed by atoms with Crippen molar-refractivity contribution in [2.45, 2.75) is 25.7 Å². The van der Waals surface area contributed by atoms with Crippen molar-refractivity contribution in [3.63, 3.8) is 0 Å².